The molecular formula is C10H22N2O5. The highest BCUT2D eigenvalue weighted by Gasteiger charge is 2.27. The second kappa shape index (κ2) is 8.37. The van der Waals surface area contributed by atoms with Crippen molar-refractivity contribution >= 4 is 5.97 Å². The van der Waals surface area contributed by atoms with Crippen LogP contribution >= 0.6 is 0 Å². The Bertz CT molecular complexity index is 227. The van der Waals surface area contributed by atoms with Crippen molar-refractivity contribution in [3.63, 3.8) is 0 Å². The van der Waals surface area contributed by atoms with Gasteiger partial charge in [0.2, 0.25) is 0 Å². The summed E-state index contributed by atoms with van der Waals surface area (Å²) < 4.78 is 0. The molecule has 0 aromatic rings. The van der Waals surface area contributed by atoms with E-state index in [4.69, 9.17) is 21.7 Å². The number of hydrogen-bond donors (Lipinski definition) is 6. The molecule has 0 saturated heterocycles. The van der Waals surface area contributed by atoms with Gasteiger partial charge in [-0.2, -0.15) is 0 Å². The summed E-state index contributed by atoms with van der Waals surface area (Å²) in [6.45, 7) is 0.545. The first kappa shape index (κ1) is 16.3. The maximum atomic E-state index is 10.4. The van der Waals surface area contributed by atoms with E-state index in [2.05, 4.69) is 0 Å². The molecule has 0 rings (SSSR count). The van der Waals surface area contributed by atoms with Crippen molar-refractivity contribution in [1.82, 2.24) is 0 Å². The molecule has 0 aliphatic carbocycles. The maximum absolute atomic E-state index is 10.4. The molecule has 0 spiro atoms. The number of nitrogens with two attached hydrogens (primary N) is 2. The molecule has 0 heterocycles. The van der Waals surface area contributed by atoms with Crippen molar-refractivity contribution in [3.05, 3.63) is 0 Å². The normalized spacial score (nSPS) is 18.4. The van der Waals surface area contributed by atoms with Crippen LogP contribution in [0.4, 0.5) is 0 Å². The van der Waals surface area contributed by atoms with Crippen molar-refractivity contribution in [3.8, 4) is 0 Å². The number of hydrogen-bond acceptors (Lipinski definition) is 6. The van der Waals surface area contributed by atoms with Gasteiger partial charge in [-0.3, -0.25) is 0 Å². The summed E-state index contributed by atoms with van der Waals surface area (Å²) in [6.07, 6.45) is -2.65. The van der Waals surface area contributed by atoms with Gasteiger partial charge in [-0.1, -0.05) is 6.42 Å². The molecule has 0 aliphatic heterocycles. The average Bonchev–Trinajstić information content (AvgIpc) is 2.27. The molecule has 4 atom stereocenters. The van der Waals surface area contributed by atoms with Crippen LogP contribution in [-0.4, -0.2) is 57.3 Å². The number of unbranched alkanes of at least 4 members (excludes halogenated alkanes) is 1. The Labute approximate surface area is 100 Å². The molecular weight excluding hydrogens is 228 g/mol. The summed E-state index contributed by atoms with van der Waals surface area (Å²) in [5, 5.41) is 36.4. The van der Waals surface area contributed by atoms with Crippen molar-refractivity contribution in [2.45, 2.75) is 50.0 Å². The lowest BCUT2D eigenvalue weighted by atomic mass is 9.98. The Hall–Kier alpha value is -0.730. The SMILES string of the molecule is NCCCCC(N)C(O)CC(O)C(O)C(=O)O. The summed E-state index contributed by atoms with van der Waals surface area (Å²) >= 11 is 0. The highest BCUT2D eigenvalue weighted by atomic mass is 16.4. The third-order valence-electron chi connectivity index (χ3n) is 2.59. The summed E-state index contributed by atoms with van der Waals surface area (Å²) in [4.78, 5) is 10.4. The fraction of sp³-hybridized carbons (Fsp3) is 0.900. The van der Waals surface area contributed by atoms with Crippen LogP contribution in [0.5, 0.6) is 0 Å². The van der Waals surface area contributed by atoms with Crippen LogP contribution < -0.4 is 11.5 Å². The fourth-order valence-corrected chi connectivity index (χ4v) is 1.43. The summed E-state index contributed by atoms with van der Waals surface area (Å²) in [7, 11) is 0. The molecule has 8 N–H and O–H groups in total. The number of carbonyl (C=O) groups is 1. The Morgan fingerprint density at radius 1 is 1.12 bits per heavy atom. The van der Waals surface area contributed by atoms with Gasteiger partial charge >= 0.3 is 5.97 Å². The lowest BCUT2D eigenvalue weighted by Gasteiger charge is -2.22. The Kier molecular flexibility index (Phi) is 8.01. The number of carboxylic acid groups (broad SMARTS) is 1. The molecule has 0 aromatic carbocycles. The molecule has 7 heteroatoms. The number of rotatable bonds is 9. The van der Waals surface area contributed by atoms with Crippen LogP contribution in [0.3, 0.4) is 0 Å². The standard InChI is InChI=1S/C10H22N2O5/c11-4-2-1-3-6(12)7(13)5-8(14)9(15)10(16)17/h6-9,13-15H,1-5,11-12H2,(H,16,17). The molecule has 17 heavy (non-hydrogen) atoms. The van der Waals surface area contributed by atoms with Crippen molar-refractivity contribution < 1.29 is 25.2 Å². The Balaban J connectivity index is 3.97. The minimum Gasteiger partial charge on any atom is -0.479 e. The smallest absolute Gasteiger partial charge is 0.335 e. The van der Waals surface area contributed by atoms with Gasteiger partial charge in [0.1, 0.15) is 0 Å². The molecule has 0 aromatic heterocycles. The molecule has 0 aliphatic rings. The lowest BCUT2D eigenvalue weighted by molar-refractivity contribution is -0.153. The molecule has 0 radical (unpaired) electrons. The minimum atomic E-state index is -1.90. The van der Waals surface area contributed by atoms with E-state index in [9.17, 15) is 15.0 Å². The van der Waals surface area contributed by atoms with E-state index >= 15 is 0 Å². The van der Waals surface area contributed by atoms with Gasteiger partial charge in [0.25, 0.3) is 0 Å². The van der Waals surface area contributed by atoms with Crippen LogP contribution in [-0.2, 0) is 4.79 Å². The van der Waals surface area contributed by atoms with Crippen molar-refractivity contribution in [2.75, 3.05) is 6.54 Å². The first-order valence-corrected chi connectivity index (χ1v) is 5.62. The molecule has 4 unspecified atom stereocenters. The van der Waals surface area contributed by atoms with Gasteiger partial charge in [0.15, 0.2) is 6.10 Å². The zero-order valence-corrected chi connectivity index (χ0v) is 9.70. The Morgan fingerprint density at radius 3 is 2.18 bits per heavy atom. The molecule has 0 bridgehead atoms. The number of aliphatic hydroxyl groups is 3. The summed E-state index contributed by atoms with van der Waals surface area (Å²) in [5.41, 5.74) is 11.0. The molecule has 102 valence electrons. The molecule has 0 saturated carbocycles. The summed E-state index contributed by atoms with van der Waals surface area (Å²) in [5.74, 6) is -1.53. The van der Waals surface area contributed by atoms with Crippen LogP contribution in [0.25, 0.3) is 0 Å². The second-order valence-electron chi connectivity index (χ2n) is 4.10. The van der Waals surface area contributed by atoms with Crippen LogP contribution in [0.2, 0.25) is 0 Å². The van der Waals surface area contributed by atoms with Gasteiger partial charge in [0.05, 0.1) is 12.2 Å². The van der Waals surface area contributed by atoms with Gasteiger partial charge in [0, 0.05) is 12.5 Å². The van der Waals surface area contributed by atoms with Crippen LogP contribution in [0.15, 0.2) is 0 Å². The van der Waals surface area contributed by atoms with E-state index < -0.39 is 30.3 Å². The first-order chi connectivity index (χ1) is 7.90. The largest absolute Gasteiger partial charge is 0.479 e. The molecule has 7 nitrogen and oxygen atoms in total. The third kappa shape index (κ3) is 6.54. The lowest BCUT2D eigenvalue weighted by Crippen LogP contribution is -2.42. The zero-order valence-electron chi connectivity index (χ0n) is 9.70. The number of carboxylic acids is 1. The fourth-order valence-electron chi connectivity index (χ4n) is 1.43. The highest BCUT2D eigenvalue weighted by Crippen LogP contribution is 2.10. The van der Waals surface area contributed by atoms with Gasteiger partial charge in [-0.15, -0.1) is 0 Å². The topological polar surface area (TPSA) is 150 Å². The highest BCUT2D eigenvalue weighted by molar-refractivity contribution is 5.72. The van der Waals surface area contributed by atoms with E-state index in [-0.39, 0.29) is 6.42 Å². The van der Waals surface area contributed by atoms with Gasteiger partial charge < -0.3 is 31.9 Å². The van der Waals surface area contributed by atoms with Gasteiger partial charge in [-0.05, 0) is 19.4 Å². The second-order valence-corrected chi connectivity index (χ2v) is 4.10. The van der Waals surface area contributed by atoms with E-state index in [1.807, 2.05) is 0 Å². The maximum Gasteiger partial charge on any atom is 0.335 e. The van der Waals surface area contributed by atoms with E-state index in [0.29, 0.717) is 13.0 Å². The monoisotopic (exact) mass is 250 g/mol. The Morgan fingerprint density at radius 2 is 1.71 bits per heavy atom. The quantitative estimate of drug-likeness (QED) is 0.259. The van der Waals surface area contributed by atoms with E-state index in [1.165, 1.54) is 0 Å². The average molecular weight is 250 g/mol. The summed E-state index contributed by atoms with van der Waals surface area (Å²) in [6, 6.07) is -0.558. The number of aliphatic carboxylic acids is 1. The minimum absolute atomic E-state index is 0.267. The van der Waals surface area contributed by atoms with Crippen molar-refractivity contribution in [1.29, 1.82) is 0 Å². The zero-order chi connectivity index (χ0) is 13.4. The third-order valence-corrected chi connectivity index (χ3v) is 2.59. The van der Waals surface area contributed by atoms with Crippen LogP contribution in [0.1, 0.15) is 25.7 Å². The number of aliphatic hydroxyl groups excluding tert-OH is 3. The first-order valence-electron chi connectivity index (χ1n) is 5.62. The molecule has 0 fully saturated rings. The van der Waals surface area contributed by atoms with E-state index in [1.54, 1.807) is 0 Å². The van der Waals surface area contributed by atoms with Gasteiger partial charge in [-0.25, -0.2) is 4.79 Å². The molecule has 0 amide bonds. The van der Waals surface area contributed by atoms with Crippen LogP contribution in [0, 0.1) is 0 Å². The predicted molar refractivity (Wildman–Crippen MR) is 61.2 cm³/mol. The van der Waals surface area contributed by atoms with Crippen molar-refractivity contribution in [2.24, 2.45) is 11.5 Å². The van der Waals surface area contributed by atoms with E-state index in [0.717, 1.165) is 12.8 Å². The predicted octanol–water partition coefficient (Wildman–Crippen LogP) is -2.00.